The molecule has 0 unspecified atom stereocenters. The Hall–Kier alpha value is -2.17. The standard InChI is InChI=1S/C18H27N3O2/c1-6-13-9-15-16(10-14(13)12(2)20-23)21(11-17(22)19-5)8-7-18(15,3)4/h9-11,19,22-23H,6-8H2,1-5H3/p-1/b17-11?,20-12-. The number of benzene rings is 1. The molecule has 0 amide bonds. The first-order valence-corrected chi connectivity index (χ1v) is 8.04. The van der Waals surface area contributed by atoms with Crippen molar-refractivity contribution in [1.29, 1.82) is 0 Å². The number of aliphatic hydroxyl groups excluding tert-OH is 1. The van der Waals surface area contributed by atoms with Crippen molar-refractivity contribution in [3.63, 3.8) is 0 Å². The summed E-state index contributed by atoms with van der Waals surface area (Å²) in [4.78, 5) is 2.04. The summed E-state index contributed by atoms with van der Waals surface area (Å²) in [5.74, 6) is 0.117. The number of anilines is 1. The molecule has 0 spiro atoms. The number of aryl methyl sites for hydroxylation is 1. The van der Waals surface area contributed by atoms with Crippen molar-refractivity contribution in [2.75, 3.05) is 18.5 Å². The fourth-order valence-electron chi connectivity index (χ4n) is 3.09. The molecule has 0 aliphatic carbocycles. The number of nitrogens with one attached hydrogen (secondary N) is 1. The maximum Gasteiger partial charge on any atom is 0.200 e. The molecule has 1 aromatic carbocycles. The molecular formula is C18H26N3O2-. The minimum absolute atomic E-state index is 0.0555. The molecule has 1 heterocycles. The number of nitrogens with zero attached hydrogens (tertiary/aromatic N) is 2. The average Bonchev–Trinajstić information content (AvgIpc) is 2.55. The zero-order valence-electron chi connectivity index (χ0n) is 14.6. The van der Waals surface area contributed by atoms with Gasteiger partial charge < -0.3 is 25.7 Å². The van der Waals surface area contributed by atoms with Crippen LogP contribution in [-0.4, -0.2) is 24.4 Å². The van der Waals surface area contributed by atoms with Crippen LogP contribution in [0.15, 0.2) is 29.4 Å². The number of hydrogen-bond donors (Lipinski definition) is 2. The summed E-state index contributed by atoms with van der Waals surface area (Å²) in [6.07, 6.45) is 3.54. The van der Waals surface area contributed by atoms with Gasteiger partial charge >= 0.3 is 0 Å². The van der Waals surface area contributed by atoms with E-state index in [1.165, 1.54) is 5.56 Å². The molecule has 5 nitrogen and oxygen atoms in total. The zero-order chi connectivity index (χ0) is 17.2. The lowest BCUT2D eigenvalue weighted by Crippen LogP contribution is -2.35. The van der Waals surface area contributed by atoms with Gasteiger partial charge in [-0.25, -0.2) is 0 Å². The lowest BCUT2D eigenvalue weighted by Gasteiger charge is -2.39. The molecule has 0 radical (unpaired) electrons. The van der Waals surface area contributed by atoms with E-state index in [0.29, 0.717) is 5.71 Å². The van der Waals surface area contributed by atoms with E-state index in [1.807, 2.05) is 11.0 Å². The van der Waals surface area contributed by atoms with E-state index in [-0.39, 0.29) is 11.3 Å². The predicted molar refractivity (Wildman–Crippen MR) is 96.2 cm³/mol. The molecule has 0 aromatic heterocycles. The Morgan fingerprint density at radius 1 is 1.48 bits per heavy atom. The Bertz CT molecular complexity index is 648. The second kappa shape index (κ2) is 6.52. The van der Waals surface area contributed by atoms with Crippen LogP contribution in [0.3, 0.4) is 0 Å². The topological polar surface area (TPSA) is 70.9 Å². The summed E-state index contributed by atoms with van der Waals surface area (Å²) in [5.41, 5.74) is 4.84. The van der Waals surface area contributed by atoms with Crippen LogP contribution in [0.25, 0.3) is 0 Å². The fraction of sp³-hybridized carbons (Fsp3) is 0.500. The molecule has 1 aliphatic heterocycles. The summed E-state index contributed by atoms with van der Waals surface area (Å²) in [6.45, 7) is 9.11. The van der Waals surface area contributed by atoms with Crippen molar-refractivity contribution in [2.24, 2.45) is 5.16 Å². The van der Waals surface area contributed by atoms with Gasteiger partial charge in [0.15, 0.2) is 0 Å². The third-order valence-corrected chi connectivity index (χ3v) is 4.68. The summed E-state index contributed by atoms with van der Waals surface area (Å²) >= 11 is 0. The predicted octanol–water partition coefficient (Wildman–Crippen LogP) is 3.62. The van der Waals surface area contributed by atoms with Crippen molar-refractivity contribution in [3.8, 4) is 0 Å². The summed E-state index contributed by atoms with van der Waals surface area (Å²) < 4.78 is 0. The summed E-state index contributed by atoms with van der Waals surface area (Å²) in [6, 6.07) is 4.22. The van der Waals surface area contributed by atoms with Crippen molar-refractivity contribution in [2.45, 2.75) is 46.0 Å². The zero-order valence-corrected chi connectivity index (χ0v) is 14.6. The highest BCUT2D eigenvalue weighted by Gasteiger charge is 2.32. The number of aliphatic hydroxyl groups is 1. The van der Waals surface area contributed by atoms with Crippen molar-refractivity contribution >= 4 is 11.4 Å². The molecule has 2 rings (SSSR count). The van der Waals surface area contributed by atoms with Gasteiger partial charge in [-0.15, -0.1) is 0 Å². The Morgan fingerprint density at radius 2 is 2.17 bits per heavy atom. The van der Waals surface area contributed by atoms with E-state index in [4.69, 9.17) is 0 Å². The Balaban J connectivity index is 2.67. The van der Waals surface area contributed by atoms with Crippen LogP contribution in [0, 0.1) is 5.21 Å². The molecule has 0 fully saturated rings. The van der Waals surface area contributed by atoms with E-state index in [0.717, 1.165) is 36.2 Å². The van der Waals surface area contributed by atoms with Crippen LogP contribution in [0.5, 0.6) is 0 Å². The van der Waals surface area contributed by atoms with Gasteiger partial charge in [0.05, 0.1) is 6.20 Å². The highest BCUT2D eigenvalue weighted by Crippen LogP contribution is 2.41. The van der Waals surface area contributed by atoms with Crippen molar-refractivity contribution in [3.05, 3.63) is 46.1 Å². The second-order valence-corrected chi connectivity index (χ2v) is 6.65. The second-order valence-electron chi connectivity index (χ2n) is 6.65. The van der Waals surface area contributed by atoms with E-state index < -0.39 is 0 Å². The lowest BCUT2D eigenvalue weighted by molar-refractivity contribution is 0.371. The molecule has 5 heteroatoms. The smallest absolute Gasteiger partial charge is 0.200 e. The molecule has 1 aromatic rings. The van der Waals surface area contributed by atoms with Gasteiger partial charge in [0.2, 0.25) is 5.88 Å². The first kappa shape index (κ1) is 17.2. The molecule has 126 valence electrons. The van der Waals surface area contributed by atoms with E-state index >= 15 is 0 Å². The molecular weight excluding hydrogens is 290 g/mol. The Morgan fingerprint density at radius 3 is 2.74 bits per heavy atom. The maximum atomic E-state index is 11.0. The minimum atomic E-state index is 0.0555. The van der Waals surface area contributed by atoms with Crippen LogP contribution in [-0.2, 0) is 11.8 Å². The van der Waals surface area contributed by atoms with Gasteiger partial charge in [0.25, 0.3) is 0 Å². The first-order valence-electron chi connectivity index (χ1n) is 8.04. The normalized spacial score (nSPS) is 17.9. The molecule has 0 saturated carbocycles. The van der Waals surface area contributed by atoms with Crippen molar-refractivity contribution in [1.82, 2.24) is 5.32 Å². The number of fused-ring (bicyclic) bond motifs is 1. The van der Waals surface area contributed by atoms with Gasteiger partial charge in [0.1, 0.15) is 0 Å². The Kier molecular flexibility index (Phi) is 4.88. The third kappa shape index (κ3) is 3.28. The van der Waals surface area contributed by atoms with Crippen LogP contribution in [0.2, 0.25) is 0 Å². The van der Waals surface area contributed by atoms with E-state index in [2.05, 4.69) is 37.3 Å². The molecule has 2 N–H and O–H groups in total. The molecule has 0 bridgehead atoms. The molecule has 23 heavy (non-hydrogen) atoms. The SMILES string of the molecule is CCc1cc2c(cc1/C(C)=N\[O-])N(C=C(O)NC)CCC2(C)C. The van der Waals surface area contributed by atoms with Crippen LogP contribution in [0.4, 0.5) is 5.69 Å². The van der Waals surface area contributed by atoms with Gasteiger partial charge in [-0.05, 0) is 42.4 Å². The number of hydrogen-bond acceptors (Lipinski definition) is 5. The minimum Gasteiger partial charge on any atom is -0.792 e. The van der Waals surface area contributed by atoms with Gasteiger partial charge in [-0.2, -0.15) is 0 Å². The summed E-state index contributed by atoms with van der Waals surface area (Å²) in [5, 5.41) is 26.7. The highest BCUT2D eigenvalue weighted by molar-refractivity contribution is 6.01. The molecule has 0 saturated heterocycles. The third-order valence-electron chi connectivity index (χ3n) is 4.68. The van der Waals surface area contributed by atoms with E-state index in [9.17, 15) is 10.3 Å². The quantitative estimate of drug-likeness (QED) is 0.505. The lowest BCUT2D eigenvalue weighted by atomic mass is 9.76. The maximum absolute atomic E-state index is 11.0. The van der Waals surface area contributed by atoms with Gasteiger partial charge in [-0.3, -0.25) is 0 Å². The Labute approximate surface area is 138 Å². The van der Waals surface area contributed by atoms with E-state index in [1.54, 1.807) is 20.2 Å². The molecule has 0 atom stereocenters. The number of rotatable bonds is 4. The average molecular weight is 316 g/mol. The first-order chi connectivity index (χ1) is 10.8. The largest absolute Gasteiger partial charge is 0.792 e. The van der Waals surface area contributed by atoms with Crippen LogP contribution in [0.1, 0.15) is 50.8 Å². The fourth-order valence-corrected chi connectivity index (χ4v) is 3.09. The summed E-state index contributed by atoms with van der Waals surface area (Å²) in [7, 11) is 1.68. The van der Waals surface area contributed by atoms with Gasteiger partial charge in [0, 0.05) is 30.6 Å². The highest BCUT2D eigenvalue weighted by atomic mass is 16.4. The van der Waals surface area contributed by atoms with Crippen LogP contribution >= 0.6 is 0 Å². The monoisotopic (exact) mass is 316 g/mol. The van der Waals surface area contributed by atoms with Crippen molar-refractivity contribution < 1.29 is 5.11 Å². The molecule has 1 aliphatic rings. The van der Waals surface area contributed by atoms with Crippen LogP contribution < -0.4 is 10.2 Å². The van der Waals surface area contributed by atoms with Gasteiger partial charge in [-0.1, -0.05) is 26.8 Å².